The topological polar surface area (TPSA) is 38.9 Å². The molecule has 0 N–H and O–H groups in total. The monoisotopic (exact) mass is 653 g/mol. The first kappa shape index (κ1) is 28.2. The van der Waals surface area contributed by atoms with E-state index in [-0.39, 0.29) is 6.04 Å². The van der Waals surface area contributed by atoms with E-state index in [1.54, 1.807) is 0 Å². The highest BCUT2D eigenvalue weighted by Gasteiger charge is 2.37. The van der Waals surface area contributed by atoms with Gasteiger partial charge in [-0.05, 0) is 66.2 Å². The van der Waals surface area contributed by atoms with Crippen LogP contribution in [0.4, 0.5) is 11.5 Å². The second kappa shape index (κ2) is 10.9. The minimum absolute atomic E-state index is 0.190. The Bertz CT molecular complexity index is 2890. The molecule has 0 saturated heterocycles. The summed E-state index contributed by atoms with van der Waals surface area (Å²) in [5, 5.41) is 4.89. The Balaban J connectivity index is 1.10. The standard InChI is InChI=1S/C46H31N5/c1-2-14-30(15-3-1)49-38-22-8-6-18-33(38)34-28-29-42-45(46(34)49)35-19-7-11-25-41(35)51(42)44-27-13-21-37(48-44)36-20-12-26-43(47-36)50-39-23-9-4-16-31(39)32-17-5-10-24-40(32)50/h1-29,31,39H. The molecule has 5 nitrogen and oxygen atoms in total. The van der Waals surface area contributed by atoms with Crippen molar-refractivity contribution in [1.82, 2.24) is 19.1 Å². The Morgan fingerprint density at radius 2 is 1.12 bits per heavy atom. The molecule has 0 saturated carbocycles. The summed E-state index contributed by atoms with van der Waals surface area (Å²) in [7, 11) is 0. The number of benzene rings is 5. The summed E-state index contributed by atoms with van der Waals surface area (Å²) < 4.78 is 4.73. The number of rotatable bonds is 4. The number of hydrogen-bond donors (Lipinski definition) is 0. The molecule has 2 atom stereocenters. The second-order valence-electron chi connectivity index (χ2n) is 13.4. The lowest BCUT2D eigenvalue weighted by Crippen LogP contribution is -2.29. The lowest BCUT2D eigenvalue weighted by atomic mass is 9.91. The van der Waals surface area contributed by atoms with Crippen LogP contribution in [-0.2, 0) is 0 Å². The third-order valence-corrected chi connectivity index (χ3v) is 10.7. The highest BCUT2D eigenvalue weighted by Crippen LogP contribution is 2.47. The van der Waals surface area contributed by atoms with Crippen molar-refractivity contribution in [3.63, 3.8) is 0 Å². The van der Waals surface area contributed by atoms with Crippen LogP contribution in [0.1, 0.15) is 11.5 Å². The predicted octanol–water partition coefficient (Wildman–Crippen LogP) is 11.1. The van der Waals surface area contributed by atoms with Crippen LogP contribution in [0.15, 0.2) is 176 Å². The number of anilines is 2. The highest BCUT2D eigenvalue weighted by atomic mass is 15.2. The number of nitrogens with zero attached hydrogens (tertiary/aromatic N) is 5. The van der Waals surface area contributed by atoms with E-state index in [1.807, 2.05) is 0 Å². The average molecular weight is 654 g/mol. The first-order chi connectivity index (χ1) is 25.3. The normalized spacial score (nSPS) is 16.4. The third kappa shape index (κ3) is 4.09. The van der Waals surface area contributed by atoms with Crippen molar-refractivity contribution in [1.29, 1.82) is 0 Å². The molecule has 5 heteroatoms. The minimum Gasteiger partial charge on any atom is -0.318 e. The van der Waals surface area contributed by atoms with Crippen molar-refractivity contribution in [3.05, 3.63) is 182 Å². The van der Waals surface area contributed by atoms with Gasteiger partial charge in [-0.3, -0.25) is 4.57 Å². The van der Waals surface area contributed by atoms with Gasteiger partial charge in [0.1, 0.15) is 11.6 Å². The fraction of sp³-hybridized carbons (Fsp3) is 0.0435. The smallest absolute Gasteiger partial charge is 0.138 e. The second-order valence-corrected chi connectivity index (χ2v) is 13.4. The molecule has 4 aromatic heterocycles. The van der Waals surface area contributed by atoms with Crippen molar-refractivity contribution >= 4 is 55.1 Å². The molecule has 51 heavy (non-hydrogen) atoms. The van der Waals surface area contributed by atoms with Crippen LogP contribution in [0.25, 0.3) is 66.5 Å². The number of fused-ring (bicyclic) bond motifs is 10. The van der Waals surface area contributed by atoms with E-state index < -0.39 is 0 Å². The van der Waals surface area contributed by atoms with E-state index in [4.69, 9.17) is 9.97 Å². The van der Waals surface area contributed by atoms with Gasteiger partial charge in [-0.15, -0.1) is 0 Å². The molecule has 5 heterocycles. The summed E-state index contributed by atoms with van der Waals surface area (Å²) in [4.78, 5) is 13.0. The van der Waals surface area contributed by atoms with E-state index in [1.165, 1.54) is 43.8 Å². The number of hydrogen-bond acceptors (Lipinski definition) is 3. The molecule has 0 amide bonds. The summed E-state index contributed by atoms with van der Waals surface area (Å²) in [6, 6.07) is 54.1. The molecular formula is C46H31N5. The van der Waals surface area contributed by atoms with Gasteiger partial charge in [0.15, 0.2) is 0 Å². The maximum Gasteiger partial charge on any atom is 0.138 e. The summed E-state index contributed by atoms with van der Waals surface area (Å²) in [5.41, 5.74) is 10.0. The van der Waals surface area contributed by atoms with Crippen LogP contribution in [0, 0.1) is 0 Å². The Morgan fingerprint density at radius 3 is 1.96 bits per heavy atom. The quantitative estimate of drug-likeness (QED) is 0.190. The first-order valence-electron chi connectivity index (χ1n) is 17.5. The summed E-state index contributed by atoms with van der Waals surface area (Å²) >= 11 is 0. The summed E-state index contributed by atoms with van der Waals surface area (Å²) in [6.07, 6.45) is 8.89. The number of pyridine rings is 2. The van der Waals surface area contributed by atoms with Gasteiger partial charge in [0, 0.05) is 38.8 Å². The predicted molar refractivity (Wildman–Crippen MR) is 210 cm³/mol. The van der Waals surface area contributed by atoms with Crippen LogP contribution in [0.3, 0.4) is 0 Å². The molecule has 11 rings (SSSR count). The van der Waals surface area contributed by atoms with Gasteiger partial charge < -0.3 is 9.47 Å². The molecule has 0 radical (unpaired) electrons. The number of para-hydroxylation sites is 4. The van der Waals surface area contributed by atoms with Gasteiger partial charge in [0.05, 0.1) is 39.5 Å². The molecule has 0 fully saturated rings. The van der Waals surface area contributed by atoms with E-state index in [2.05, 4.69) is 190 Å². The Hall–Kier alpha value is -6.72. The van der Waals surface area contributed by atoms with E-state index in [0.29, 0.717) is 5.92 Å². The van der Waals surface area contributed by atoms with Crippen molar-refractivity contribution in [2.24, 2.45) is 0 Å². The van der Waals surface area contributed by atoms with Crippen molar-refractivity contribution in [3.8, 4) is 22.9 Å². The molecule has 5 aromatic carbocycles. The molecule has 9 aromatic rings. The highest BCUT2D eigenvalue weighted by molar-refractivity contribution is 6.26. The van der Waals surface area contributed by atoms with Gasteiger partial charge in [-0.25, -0.2) is 9.97 Å². The van der Waals surface area contributed by atoms with Crippen molar-refractivity contribution < 1.29 is 0 Å². The largest absolute Gasteiger partial charge is 0.318 e. The molecule has 1 aliphatic heterocycles. The van der Waals surface area contributed by atoms with Gasteiger partial charge in [-0.2, -0.15) is 0 Å². The Labute approximate surface area is 294 Å². The van der Waals surface area contributed by atoms with Gasteiger partial charge in [0.2, 0.25) is 0 Å². The number of aromatic nitrogens is 4. The van der Waals surface area contributed by atoms with E-state index in [0.717, 1.165) is 39.7 Å². The molecule has 2 unspecified atom stereocenters. The zero-order valence-electron chi connectivity index (χ0n) is 27.6. The zero-order chi connectivity index (χ0) is 33.5. The Morgan fingerprint density at radius 1 is 0.451 bits per heavy atom. The van der Waals surface area contributed by atoms with E-state index >= 15 is 0 Å². The van der Waals surface area contributed by atoms with Gasteiger partial charge in [0.25, 0.3) is 0 Å². The maximum atomic E-state index is 5.33. The van der Waals surface area contributed by atoms with Crippen LogP contribution in [0.2, 0.25) is 0 Å². The molecule has 240 valence electrons. The fourth-order valence-electron chi connectivity index (χ4n) is 8.55. The average Bonchev–Trinajstić information content (AvgIpc) is 3.84. The van der Waals surface area contributed by atoms with Crippen molar-refractivity contribution in [2.45, 2.75) is 12.0 Å². The first-order valence-corrected chi connectivity index (χ1v) is 17.5. The SMILES string of the molecule is C1=CC2c3ccccc3N(c3cccc(-c4cccc(-n5c6ccccc6c6c5ccc5c7ccccc7n(-c7ccccc7)c56)n4)n3)C2C=C1. The maximum absolute atomic E-state index is 5.33. The molecule has 0 spiro atoms. The molecule has 0 bridgehead atoms. The summed E-state index contributed by atoms with van der Waals surface area (Å²) in [6.45, 7) is 0. The fourth-order valence-corrected chi connectivity index (χ4v) is 8.55. The van der Waals surface area contributed by atoms with Crippen molar-refractivity contribution in [2.75, 3.05) is 4.90 Å². The van der Waals surface area contributed by atoms with Crippen LogP contribution < -0.4 is 4.90 Å². The lowest BCUT2D eigenvalue weighted by molar-refractivity contribution is 0.738. The molecular weight excluding hydrogens is 623 g/mol. The summed E-state index contributed by atoms with van der Waals surface area (Å²) in [5.74, 6) is 2.09. The molecule has 1 aliphatic carbocycles. The zero-order valence-corrected chi connectivity index (χ0v) is 27.6. The molecule has 2 aliphatic rings. The van der Waals surface area contributed by atoms with Gasteiger partial charge in [-0.1, -0.05) is 115 Å². The minimum atomic E-state index is 0.190. The number of allylic oxidation sites excluding steroid dienone is 2. The Kier molecular flexibility index (Phi) is 6.01. The van der Waals surface area contributed by atoms with Crippen LogP contribution in [-0.4, -0.2) is 25.1 Å². The van der Waals surface area contributed by atoms with Crippen LogP contribution >= 0.6 is 0 Å². The van der Waals surface area contributed by atoms with E-state index in [9.17, 15) is 0 Å². The van der Waals surface area contributed by atoms with Gasteiger partial charge >= 0.3 is 0 Å². The van der Waals surface area contributed by atoms with Crippen LogP contribution in [0.5, 0.6) is 0 Å². The lowest BCUT2D eigenvalue weighted by Gasteiger charge is -2.27. The third-order valence-electron chi connectivity index (χ3n) is 10.7.